The van der Waals surface area contributed by atoms with Crippen molar-refractivity contribution in [2.24, 2.45) is 0 Å². The van der Waals surface area contributed by atoms with Gasteiger partial charge in [-0.2, -0.15) is 0 Å². The maximum absolute atomic E-state index is 9.41. The van der Waals surface area contributed by atoms with Gasteiger partial charge in [0.15, 0.2) is 0 Å². The van der Waals surface area contributed by atoms with Crippen LogP contribution in [-0.2, 0) is 0 Å². The Balaban J connectivity index is 2.06. The molecule has 1 aliphatic rings. The van der Waals surface area contributed by atoms with Crippen LogP contribution in [0, 0.1) is 0 Å². The Morgan fingerprint density at radius 2 is 1.94 bits per heavy atom. The third-order valence-corrected chi connectivity index (χ3v) is 3.94. The van der Waals surface area contributed by atoms with E-state index in [1.165, 1.54) is 6.42 Å². The van der Waals surface area contributed by atoms with Crippen LogP contribution in [0.2, 0.25) is 0 Å². The lowest BCUT2D eigenvalue weighted by molar-refractivity contribution is 0.115. The highest BCUT2D eigenvalue weighted by molar-refractivity contribution is 4.77. The number of hydrogen-bond acceptors (Lipinski definition) is 3. The Hall–Kier alpha value is -0.120. The molecular weight excluding hydrogens is 200 g/mol. The Kier molecular flexibility index (Phi) is 6.32. The molecule has 0 saturated heterocycles. The minimum absolute atomic E-state index is 0.0409. The topological polar surface area (TPSA) is 35.5 Å². The summed E-state index contributed by atoms with van der Waals surface area (Å²) in [6.45, 7) is 6.70. The predicted molar refractivity (Wildman–Crippen MR) is 68.6 cm³/mol. The zero-order valence-corrected chi connectivity index (χ0v) is 11.1. The van der Waals surface area contributed by atoms with Gasteiger partial charge in [-0.25, -0.2) is 0 Å². The molecule has 0 aliphatic heterocycles. The largest absolute Gasteiger partial charge is 0.393 e. The molecule has 0 aromatic rings. The smallest absolute Gasteiger partial charge is 0.0541 e. The fourth-order valence-corrected chi connectivity index (χ4v) is 2.26. The molecule has 1 saturated carbocycles. The van der Waals surface area contributed by atoms with Gasteiger partial charge in [0, 0.05) is 25.2 Å². The number of hydrogen-bond donors (Lipinski definition) is 2. The number of nitrogens with zero attached hydrogens (tertiary/aromatic N) is 1. The minimum Gasteiger partial charge on any atom is -0.393 e. The van der Waals surface area contributed by atoms with Crippen molar-refractivity contribution in [3.63, 3.8) is 0 Å². The van der Waals surface area contributed by atoms with Gasteiger partial charge >= 0.3 is 0 Å². The summed E-state index contributed by atoms with van der Waals surface area (Å²) in [4.78, 5) is 2.41. The lowest BCUT2D eigenvalue weighted by Gasteiger charge is -2.28. The Labute approximate surface area is 100 Å². The number of aliphatic hydroxyl groups excluding tert-OH is 1. The summed E-state index contributed by atoms with van der Waals surface area (Å²) in [6.07, 6.45) is 5.38. The molecule has 96 valence electrons. The van der Waals surface area contributed by atoms with Gasteiger partial charge in [-0.1, -0.05) is 6.92 Å². The van der Waals surface area contributed by atoms with Crippen molar-refractivity contribution in [1.82, 2.24) is 10.2 Å². The summed E-state index contributed by atoms with van der Waals surface area (Å²) < 4.78 is 0. The first-order chi connectivity index (χ1) is 7.63. The molecule has 0 amide bonds. The van der Waals surface area contributed by atoms with E-state index in [1.54, 1.807) is 0 Å². The zero-order chi connectivity index (χ0) is 12.0. The van der Waals surface area contributed by atoms with Gasteiger partial charge in [-0.05, 0) is 46.1 Å². The summed E-state index contributed by atoms with van der Waals surface area (Å²) >= 11 is 0. The normalized spacial score (nSPS) is 28.3. The molecule has 0 aromatic heterocycles. The second kappa shape index (κ2) is 7.25. The molecule has 16 heavy (non-hydrogen) atoms. The molecule has 2 N–H and O–H groups in total. The van der Waals surface area contributed by atoms with E-state index < -0.39 is 0 Å². The zero-order valence-electron chi connectivity index (χ0n) is 11.1. The van der Waals surface area contributed by atoms with E-state index in [-0.39, 0.29) is 6.10 Å². The maximum Gasteiger partial charge on any atom is 0.0541 e. The molecule has 0 radical (unpaired) electrons. The van der Waals surface area contributed by atoms with Crippen LogP contribution in [0.3, 0.4) is 0 Å². The average Bonchev–Trinajstić information content (AvgIpc) is 2.30. The molecule has 1 unspecified atom stereocenters. The quantitative estimate of drug-likeness (QED) is 0.725. The first-order valence-electron chi connectivity index (χ1n) is 6.75. The molecule has 1 aliphatic carbocycles. The average molecular weight is 228 g/mol. The van der Waals surface area contributed by atoms with Crippen molar-refractivity contribution in [1.29, 1.82) is 0 Å². The monoisotopic (exact) mass is 228 g/mol. The van der Waals surface area contributed by atoms with Crippen molar-refractivity contribution < 1.29 is 5.11 Å². The van der Waals surface area contributed by atoms with Gasteiger partial charge in [0.25, 0.3) is 0 Å². The van der Waals surface area contributed by atoms with Crippen molar-refractivity contribution in [3.8, 4) is 0 Å². The van der Waals surface area contributed by atoms with E-state index in [1.807, 2.05) is 0 Å². The standard InChI is InChI=1S/C13H28N2O/c1-4-11(2)15(3)10-9-14-12-5-7-13(16)8-6-12/h11-14,16H,4-10H2,1-3H3. The fraction of sp³-hybridized carbons (Fsp3) is 1.00. The van der Waals surface area contributed by atoms with E-state index in [9.17, 15) is 5.11 Å². The van der Waals surface area contributed by atoms with Crippen LogP contribution < -0.4 is 5.32 Å². The van der Waals surface area contributed by atoms with E-state index in [0.29, 0.717) is 12.1 Å². The van der Waals surface area contributed by atoms with Crippen LogP contribution in [0.1, 0.15) is 46.0 Å². The lowest BCUT2D eigenvalue weighted by Crippen LogP contribution is -2.40. The SMILES string of the molecule is CCC(C)N(C)CCNC1CCC(O)CC1. The van der Waals surface area contributed by atoms with E-state index >= 15 is 0 Å². The van der Waals surface area contributed by atoms with Gasteiger partial charge < -0.3 is 15.3 Å². The summed E-state index contributed by atoms with van der Waals surface area (Å²) in [5, 5.41) is 13.0. The molecular formula is C13H28N2O. The van der Waals surface area contributed by atoms with Crippen LogP contribution in [-0.4, -0.2) is 48.3 Å². The Bertz CT molecular complexity index is 179. The summed E-state index contributed by atoms with van der Waals surface area (Å²) in [7, 11) is 2.19. The second-order valence-corrected chi connectivity index (χ2v) is 5.20. The van der Waals surface area contributed by atoms with Crippen LogP contribution in [0.15, 0.2) is 0 Å². The molecule has 1 atom stereocenters. The molecule has 1 fully saturated rings. The van der Waals surface area contributed by atoms with Crippen molar-refractivity contribution in [3.05, 3.63) is 0 Å². The summed E-state index contributed by atoms with van der Waals surface area (Å²) in [5.41, 5.74) is 0. The number of likely N-dealkylation sites (N-methyl/N-ethyl adjacent to an activating group) is 1. The molecule has 3 heteroatoms. The van der Waals surface area contributed by atoms with Crippen LogP contribution in [0.25, 0.3) is 0 Å². The highest BCUT2D eigenvalue weighted by Gasteiger charge is 2.18. The Morgan fingerprint density at radius 1 is 1.31 bits per heavy atom. The van der Waals surface area contributed by atoms with Crippen LogP contribution >= 0.6 is 0 Å². The predicted octanol–water partition coefficient (Wildman–Crippen LogP) is 1.61. The highest BCUT2D eigenvalue weighted by atomic mass is 16.3. The Morgan fingerprint density at radius 3 is 2.50 bits per heavy atom. The lowest BCUT2D eigenvalue weighted by atomic mass is 9.93. The van der Waals surface area contributed by atoms with E-state index in [2.05, 4.69) is 31.1 Å². The molecule has 0 spiro atoms. The van der Waals surface area contributed by atoms with Crippen molar-refractivity contribution >= 4 is 0 Å². The van der Waals surface area contributed by atoms with Gasteiger partial charge in [-0.15, -0.1) is 0 Å². The molecule has 1 rings (SSSR count). The number of nitrogens with one attached hydrogen (secondary N) is 1. The first-order valence-corrected chi connectivity index (χ1v) is 6.75. The molecule has 3 nitrogen and oxygen atoms in total. The summed E-state index contributed by atoms with van der Waals surface area (Å²) in [5.74, 6) is 0. The minimum atomic E-state index is -0.0409. The van der Waals surface area contributed by atoms with Crippen molar-refractivity contribution in [2.75, 3.05) is 20.1 Å². The van der Waals surface area contributed by atoms with Gasteiger partial charge in [0.1, 0.15) is 0 Å². The fourth-order valence-electron chi connectivity index (χ4n) is 2.26. The number of aliphatic hydroxyl groups is 1. The van der Waals surface area contributed by atoms with Gasteiger partial charge in [0.2, 0.25) is 0 Å². The third kappa shape index (κ3) is 4.81. The molecule has 0 aromatic carbocycles. The second-order valence-electron chi connectivity index (χ2n) is 5.20. The van der Waals surface area contributed by atoms with E-state index in [4.69, 9.17) is 0 Å². The summed E-state index contributed by atoms with van der Waals surface area (Å²) in [6, 6.07) is 1.31. The molecule has 0 bridgehead atoms. The number of rotatable bonds is 6. The first kappa shape index (κ1) is 13.9. The van der Waals surface area contributed by atoms with Gasteiger partial charge in [-0.3, -0.25) is 0 Å². The molecule has 0 heterocycles. The van der Waals surface area contributed by atoms with Crippen molar-refractivity contribution in [2.45, 2.75) is 64.1 Å². The van der Waals surface area contributed by atoms with Crippen LogP contribution in [0.5, 0.6) is 0 Å². The van der Waals surface area contributed by atoms with Gasteiger partial charge in [0.05, 0.1) is 6.10 Å². The van der Waals surface area contributed by atoms with Crippen LogP contribution in [0.4, 0.5) is 0 Å². The van der Waals surface area contributed by atoms with E-state index in [0.717, 1.165) is 38.8 Å². The third-order valence-electron chi connectivity index (χ3n) is 3.94. The maximum atomic E-state index is 9.41. The highest BCUT2D eigenvalue weighted by Crippen LogP contribution is 2.17.